The molecule has 1 rings (SSSR count). The molecule has 0 saturated carbocycles. The molecule has 2 amide bonds. The number of amides is 2. The average molecular weight is 327 g/mol. The normalized spacial score (nSPS) is 10.7. The number of halogens is 2. The minimum absolute atomic E-state index is 0.348. The first kappa shape index (κ1) is 19.2. The van der Waals surface area contributed by atoms with Gasteiger partial charge in [-0.05, 0) is 31.9 Å². The summed E-state index contributed by atoms with van der Waals surface area (Å²) in [5.74, 6) is 0. The van der Waals surface area contributed by atoms with E-state index in [0.29, 0.717) is 19.5 Å². The first-order valence-electron chi connectivity index (χ1n) is 8.19. The molecule has 1 aromatic rings. The van der Waals surface area contributed by atoms with Crippen molar-refractivity contribution in [2.45, 2.75) is 33.1 Å². The van der Waals surface area contributed by atoms with E-state index in [1.165, 1.54) is 4.90 Å². The molecular weight excluding hydrogens is 300 g/mol. The Hall–Kier alpha value is -1.85. The van der Waals surface area contributed by atoms with Crippen LogP contribution in [-0.2, 0) is 0 Å². The Bertz CT molecular complexity index is 443. The number of anilines is 1. The van der Waals surface area contributed by atoms with Crippen LogP contribution in [0.15, 0.2) is 30.3 Å². The number of hydrogen-bond acceptors (Lipinski definition) is 2. The molecule has 0 fully saturated rings. The highest BCUT2D eigenvalue weighted by molar-refractivity contribution is 5.74. The van der Waals surface area contributed by atoms with E-state index < -0.39 is 19.0 Å². The van der Waals surface area contributed by atoms with Gasteiger partial charge in [-0.3, -0.25) is 0 Å². The fraction of sp³-hybridized carbons (Fsp3) is 0.588. The summed E-state index contributed by atoms with van der Waals surface area (Å²) in [4.78, 5) is 15.3. The van der Waals surface area contributed by atoms with Gasteiger partial charge < -0.3 is 15.1 Å². The van der Waals surface area contributed by atoms with Gasteiger partial charge in [-0.1, -0.05) is 25.1 Å². The SMILES string of the molecule is CCCN(CC(F)F)C(=O)NCCCN(CC)c1ccccc1. The summed E-state index contributed by atoms with van der Waals surface area (Å²) in [6.07, 6.45) is -1.07. The highest BCUT2D eigenvalue weighted by Crippen LogP contribution is 2.12. The molecule has 130 valence electrons. The third-order valence-electron chi connectivity index (χ3n) is 3.52. The van der Waals surface area contributed by atoms with Crippen LogP contribution in [0.25, 0.3) is 0 Å². The maximum Gasteiger partial charge on any atom is 0.317 e. The summed E-state index contributed by atoms with van der Waals surface area (Å²) in [7, 11) is 0. The first-order valence-corrected chi connectivity index (χ1v) is 8.19. The predicted octanol–water partition coefficient (Wildman–Crippen LogP) is 3.59. The molecule has 4 nitrogen and oxygen atoms in total. The summed E-state index contributed by atoms with van der Waals surface area (Å²) < 4.78 is 24.9. The Morgan fingerprint density at radius 3 is 2.43 bits per heavy atom. The summed E-state index contributed by atoms with van der Waals surface area (Å²) >= 11 is 0. The number of benzene rings is 1. The lowest BCUT2D eigenvalue weighted by atomic mass is 10.2. The number of carbonyl (C=O) groups excluding carboxylic acids is 1. The van der Waals surface area contributed by atoms with Crippen molar-refractivity contribution in [1.82, 2.24) is 10.2 Å². The zero-order valence-corrected chi connectivity index (χ0v) is 14.0. The van der Waals surface area contributed by atoms with Gasteiger partial charge in [0.15, 0.2) is 0 Å². The molecule has 23 heavy (non-hydrogen) atoms. The Kier molecular flexibility index (Phi) is 9.02. The third-order valence-corrected chi connectivity index (χ3v) is 3.52. The smallest absolute Gasteiger partial charge is 0.317 e. The summed E-state index contributed by atoms with van der Waals surface area (Å²) in [6, 6.07) is 9.65. The lowest BCUT2D eigenvalue weighted by Gasteiger charge is -2.24. The van der Waals surface area contributed by atoms with Crippen LogP contribution in [0.2, 0.25) is 0 Å². The molecular formula is C17H27F2N3O. The van der Waals surface area contributed by atoms with E-state index in [0.717, 1.165) is 25.2 Å². The Morgan fingerprint density at radius 2 is 1.87 bits per heavy atom. The van der Waals surface area contributed by atoms with Gasteiger partial charge in [0.1, 0.15) is 0 Å². The standard InChI is InChI=1S/C17H27F2N3O/c1-3-12-22(14-16(18)19)17(23)20-11-8-13-21(4-2)15-9-6-5-7-10-15/h5-7,9-10,16H,3-4,8,11-14H2,1-2H3,(H,20,23). The Balaban J connectivity index is 2.35. The van der Waals surface area contributed by atoms with E-state index in [1.807, 2.05) is 37.3 Å². The molecule has 6 heteroatoms. The molecule has 0 heterocycles. The second-order valence-corrected chi connectivity index (χ2v) is 5.34. The highest BCUT2D eigenvalue weighted by atomic mass is 19.3. The number of urea groups is 1. The van der Waals surface area contributed by atoms with E-state index in [-0.39, 0.29) is 0 Å². The number of hydrogen-bond donors (Lipinski definition) is 1. The van der Waals surface area contributed by atoms with Gasteiger partial charge in [-0.25, -0.2) is 13.6 Å². The van der Waals surface area contributed by atoms with Crippen molar-refractivity contribution in [3.63, 3.8) is 0 Å². The molecule has 1 N–H and O–H groups in total. The number of nitrogens with zero attached hydrogens (tertiary/aromatic N) is 2. The summed E-state index contributed by atoms with van der Waals surface area (Å²) in [6.45, 7) is 5.95. The molecule has 0 radical (unpaired) electrons. The van der Waals surface area contributed by atoms with Gasteiger partial charge in [0.05, 0.1) is 6.54 Å². The molecule has 0 aliphatic heterocycles. The van der Waals surface area contributed by atoms with E-state index in [1.54, 1.807) is 0 Å². The zero-order chi connectivity index (χ0) is 17.1. The molecule has 0 unspecified atom stereocenters. The van der Waals surface area contributed by atoms with Gasteiger partial charge >= 0.3 is 6.03 Å². The molecule has 0 aliphatic rings. The minimum atomic E-state index is -2.50. The van der Waals surface area contributed by atoms with E-state index in [9.17, 15) is 13.6 Å². The molecule has 0 aliphatic carbocycles. The lowest BCUT2D eigenvalue weighted by molar-refractivity contribution is 0.0984. The maximum atomic E-state index is 12.5. The fourth-order valence-electron chi connectivity index (χ4n) is 2.40. The van der Waals surface area contributed by atoms with Gasteiger partial charge in [-0.15, -0.1) is 0 Å². The van der Waals surface area contributed by atoms with Crippen molar-refractivity contribution in [2.24, 2.45) is 0 Å². The third kappa shape index (κ3) is 7.30. The van der Waals surface area contributed by atoms with Crippen molar-refractivity contribution < 1.29 is 13.6 Å². The molecule has 0 atom stereocenters. The van der Waals surface area contributed by atoms with Crippen LogP contribution in [0, 0.1) is 0 Å². The number of para-hydroxylation sites is 1. The quantitative estimate of drug-likeness (QED) is 0.667. The van der Waals surface area contributed by atoms with Crippen LogP contribution >= 0.6 is 0 Å². The molecule has 0 spiro atoms. The molecule has 0 aromatic heterocycles. The van der Waals surface area contributed by atoms with Crippen molar-refractivity contribution in [2.75, 3.05) is 37.6 Å². The second kappa shape index (κ2) is 10.8. The van der Waals surface area contributed by atoms with Gasteiger partial charge in [0.2, 0.25) is 0 Å². The maximum absolute atomic E-state index is 12.5. The lowest BCUT2D eigenvalue weighted by Crippen LogP contribution is -2.43. The zero-order valence-electron chi connectivity index (χ0n) is 14.0. The largest absolute Gasteiger partial charge is 0.372 e. The summed E-state index contributed by atoms with van der Waals surface area (Å²) in [5.41, 5.74) is 1.15. The number of carbonyl (C=O) groups is 1. The number of nitrogens with one attached hydrogen (secondary N) is 1. The second-order valence-electron chi connectivity index (χ2n) is 5.34. The van der Waals surface area contributed by atoms with Gasteiger partial charge in [-0.2, -0.15) is 0 Å². The number of alkyl halides is 2. The van der Waals surface area contributed by atoms with Crippen LogP contribution in [0.1, 0.15) is 26.7 Å². The Labute approximate surface area is 137 Å². The average Bonchev–Trinajstić information content (AvgIpc) is 2.54. The highest BCUT2D eigenvalue weighted by Gasteiger charge is 2.16. The van der Waals surface area contributed by atoms with Crippen LogP contribution in [0.4, 0.5) is 19.3 Å². The van der Waals surface area contributed by atoms with E-state index in [2.05, 4.69) is 17.1 Å². The summed E-state index contributed by atoms with van der Waals surface area (Å²) in [5, 5.41) is 2.73. The topological polar surface area (TPSA) is 35.6 Å². The van der Waals surface area contributed by atoms with Crippen LogP contribution in [0.5, 0.6) is 0 Å². The minimum Gasteiger partial charge on any atom is -0.372 e. The molecule has 0 saturated heterocycles. The molecule has 0 bridgehead atoms. The van der Waals surface area contributed by atoms with E-state index in [4.69, 9.17) is 0 Å². The Morgan fingerprint density at radius 1 is 1.17 bits per heavy atom. The van der Waals surface area contributed by atoms with Crippen LogP contribution in [0.3, 0.4) is 0 Å². The van der Waals surface area contributed by atoms with E-state index >= 15 is 0 Å². The van der Waals surface area contributed by atoms with Crippen molar-refractivity contribution in [3.05, 3.63) is 30.3 Å². The molecule has 1 aromatic carbocycles. The van der Waals surface area contributed by atoms with Crippen molar-refractivity contribution >= 4 is 11.7 Å². The predicted molar refractivity (Wildman–Crippen MR) is 90.2 cm³/mol. The monoisotopic (exact) mass is 327 g/mol. The van der Waals surface area contributed by atoms with Crippen LogP contribution in [-0.4, -0.2) is 50.1 Å². The van der Waals surface area contributed by atoms with Crippen molar-refractivity contribution in [3.8, 4) is 0 Å². The van der Waals surface area contributed by atoms with Crippen molar-refractivity contribution in [1.29, 1.82) is 0 Å². The number of rotatable bonds is 10. The fourth-order valence-corrected chi connectivity index (χ4v) is 2.40. The van der Waals surface area contributed by atoms with Gasteiger partial charge in [0, 0.05) is 31.9 Å². The first-order chi connectivity index (χ1) is 11.1. The van der Waals surface area contributed by atoms with Gasteiger partial charge in [0.25, 0.3) is 6.43 Å². The van der Waals surface area contributed by atoms with Crippen LogP contribution < -0.4 is 10.2 Å².